The van der Waals surface area contributed by atoms with Gasteiger partial charge in [0.25, 0.3) is 5.91 Å². The molecule has 2 aliphatic heterocycles. The Morgan fingerprint density at radius 3 is 2.58 bits per heavy atom. The molecule has 2 aromatic carbocycles. The molecule has 0 N–H and O–H groups in total. The quantitative estimate of drug-likeness (QED) is 0.583. The number of nitrogens with zero attached hydrogens (tertiary/aromatic N) is 4. The highest BCUT2D eigenvalue weighted by molar-refractivity contribution is 6.31. The summed E-state index contributed by atoms with van der Waals surface area (Å²) in [5, 5.41) is 0.696. The highest BCUT2D eigenvalue weighted by atomic mass is 35.5. The van der Waals surface area contributed by atoms with Crippen molar-refractivity contribution in [1.29, 1.82) is 0 Å². The van der Waals surface area contributed by atoms with Crippen LogP contribution in [0.15, 0.2) is 42.5 Å². The molecule has 5 nitrogen and oxygen atoms in total. The normalized spacial score (nSPS) is 20.6. The molecule has 0 aliphatic carbocycles. The molecule has 0 saturated carbocycles. The minimum Gasteiger partial charge on any atom is -0.337 e. The summed E-state index contributed by atoms with van der Waals surface area (Å²) >= 11 is 6.14. The zero-order chi connectivity index (χ0) is 21.5. The lowest BCUT2D eigenvalue weighted by Crippen LogP contribution is -2.37. The monoisotopic (exact) mass is 436 g/mol. The molecule has 3 heterocycles. The first kappa shape index (κ1) is 20.5. The Morgan fingerprint density at radius 2 is 1.84 bits per heavy atom. The minimum absolute atomic E-state index is 0.113. The van der Waals surface area contributed by atoms with Gasteiger partial charge in [-0.3, -0.25) is 9.69 Å². The van der Waals surface area contributed by atoms with Crippen molar-refractivity contribution in [2.75, 3.05) is 26.2 Å². The number of hydrogen-bond donors (Lipinski definition) is 0. The van der Waals surface area contributed by atoms with E-state index in [1.165, 1.54) is 25.9 Å². The molecule has 0 unspecified atom stereocenters. The standard InChI is InChI=1S/C25H29ClN4O/c1-17(30-18(2)27-23-15-21(26)9-10-24(23)30)19-5-7-20(8-6-19)25(31)29-14-11-22(16-29)28-12-3-4-13-28/h5-10,15,17,22H,3-4,11-14,16H2,1-2H3/t17-,22-/m0/s1. The van der Waals surface area contributed by atoms with Gasteiger partial charge < -0.3 is 9.47 Å². The van der Waals surface area contributed by atoms with Crippen molar-refractivity contribution in [1.82, 2.24) is 19.4 Å². The predicted molar refractivity (Wildman–Crippen MR) is 125 cm³/mol. The molecule has 2 saturated heterocycles. The van der Waals surface area contributed by atoms with E-state index in [1.807, 2.05) is 42.2 Å². The number of carbonyl (C=O) groups excluding carboxylic acids is 1. The van der Waals surface area contributed by atoms with Crippen molar-refractivity contribution in [3.8, 4) is 0 Å². The van der Waals surface area contributed by atoms with Gasteiger partial charge in [-0.25, -0.2) is 4.98 Å². The maximum Gasteiger partial charge on any atom is 0.253 e. The molecule has 31 heavy (non-hydrogen) atoms. The number of carbonyl (C=O) groups is 1. The molecule has 2 atom stereocenters. The molecule has 1 amide bonds. The lowest BCUT2D eigenvalue weighted by Gasteiger charge is -2.23. The van der Waals surface area contributed by atoms with Crippen molar-refractivity contribution in [3.05, 3.63) is 64.4 Å². The van der Waals surface area contributed by atoms with Crippen LogP contribution in [0.5, 0.6) is 0 Å². The molecule has 0 spiro atoms. The number of benzene rings is 2. The maximum absolute atomic E-state index is 13.1. The van der Waals surface area contributed by atoms with Crippen LogP contribution in [0, 0.1) is 6.92 Å². The van der Waals surface area contributed by atoms with Gasteiger partial charge in [-0.15, -0.1) is 0 Å². The van der Waals surface area contributed by atoms with Crippen LogP contribution in [0.25, 0.3) is 11.0 Å². The molecule has 1 aromatic heterocycles. The molecule has 3 aromatic rings. The van der Waals surface area contributed by atoms with Gasteiger partial charge in [-0.05, 0) is 82.1 Å². The summed E-state index contributed by atoms with van der Waals surface area (Å²) in [5.41, 5.74) is 3.91. The first-order chi connectivity index (χ1) is 15.0. The van der Waals surface area contributed by atoms with E-state index in [4.69, 9.17) is 11.6 Å². The Balaban J connectivity index is 1.32. The number of hydrogen-bond acceptors (Lipinski definition) is 3. The number of fused-ring (bicyclic) bond motifs is 1. The number of rotatable bonds is 4. The van der Waals surface area contributed by atoms with E-state index in [-0.39, 0.29) is 11.9 Å². The molecular formula is C25H29ClN4O. The zero-order valence-electron chi connectivity index (χ0n) is 18.2. The van der Waals surface area contributed by atoms with E-state index in [2.05, 4.69) is 33.5 Å². The van der Waals surface area contributed by atoms with Crippen LogP contribution >= 0.6 is 11.6 Å². The number of likely N-dealkylation sites (tertiary alicyclic amines) is 2. The average Bonchev–Trinajstić information content (AvgIpc) is 3.51. The SMILES string of the molecule is Cc1nc2cc(Cl)ccc2n1[C@@H](C)c1ccc(C(=O)N2CC[C@H](N3CCCC3)C2)cc1. The molecule has 0 radical (unpaired) electrons. The number of aromatic nitrogens is 2. The first-order valence-corrected chi connectivity index (χ1v) is 11.7. The molecule has 5 rings (SSSR count). The molecular weight excluding hydrogens is 408 g/mol. The second-order valence-electron chi connectivity index (χ2n) is 8.90. The Hall–Kier alpha value is -2.37. The van der Waals surface area contributed by atoms with E-state index < -0.39 is 0 Å². The van der Waals surface area contributed by atoms with Crippen LogP contribution in [-0.2, 0) is 0 Å². The maximum atomic E-state index is 13.1. The molecule has 2 fully saturated rings. The fraction of sp³-hybridized carbons (Fsp3) is 0.440. The highest BCUT2D eigenvalue weighted by Gasteiger charge is 2.32. The van der Waals surface area contributed by atoms with Crippen LogP contribution in [0.3, 0.4) is 0 Å². The number of imidazole rings is 1. The third kappa shape index (κ3) is 3.85. The smallest absolute Gasteiger partial charge is 0.253 e. The average molecular weight is 437 g/mol. The summed E-state index contributed by atoms with van der Waals surface area (Å²) in [6.07, 6.45) is 3.68. The largest absolute Gasteiger partial charge is 0.337 e. The Bertz CT molecular complexity index is 1100. The summed E-state index contributed by atoms with van der Waals surface area (Å²) in [5.74, 6) is 1.11. The van der Waals surface area contributed by atoms with Crippen LogP contribution in [-0.4, -0.2) is 57.5 Å². The molecule has 0 bridgehead atoms. The van der Waals surface area contributed by atoms with E-state index >= 15 is 0 Å². The summed E-state index contributed by atoms with van der Waals surface area (Å²) in [7, 11) is 0. The number of halogens is 1. The minimum atomic E-state index is 0.113. The van der Waals surface area contributed by atoms with E-state index in [1.54, 1.807) is 0 Å². The van der Waals surface area contributed by atoms with E-state index in [0.717, 1.165) is 47.5 Å². The second kappa shape index (κ2) is 8.29. The van der Waals surface area contributed by atoms with Crippen LogP contribution in [0.2, 0.25) is 5.02 Å². The Kier molecular flexibility index (Phi) is 5.49. The third-order valence-electron chi connectivity index (χ3n) is 6.96. The Labute approximate surface area is 188 Å². The summed E-state index contributed by atoms with van der Waals surface area (Å²) < 4.78 is 2.23. The van der Waals surface area contributed by atoms with Gasteiger partial charge >= 0.3 is 0 Å². The van der Waals surface area contributed by atoms with Crippen molar-refractivity contribution in [3.63, 3.8) is 0 Å². The summed E-state index contributed by atoms with van der Waals surface area (Å²) in [6.45, 7) is 8.29. The molecule has 6 heteroatoms. The Morgan fingerprint density at radius 1 is 1.10 bits per heavy atom. The molecule has 2 aliphatic rings. The van der Waals surface area contributed by atoms with Gasteiger partial charge in [-0.1, -0.05) is 23.7 Å². The fourth-order valence-electron chi connectivity index (χ4n) is 5.25. The van der Waals surface area contributed by atoms with Gasteiger partial charge in [0.05, 0.1) is 17.1 Å². The lowest BCUT2D eigenvalue weighted by atomic mass is 10.0. The predicted octanol–water partition coefficient (Wildman–Crippen LogP) is 4.92. The van der Waals surface area contributed by atoms with E-state index in [0.29, 0.717) is 11.1 Å². The van der Waals surface area contributed by atoms with Crippen LogP contribution in [0.4, 0.5) is 0 Å². The van der Waals surface area contributed by atoms with Crippen molar-refractivity contribution in [2.24, 2.45) is 0 Å². The van der Waals surface area contributed by atoms with Crippen molar-refractivity contribution in [2.45, 2.75) is 45.2 Å². The van der Waals surface area contributed by atoms with Crippen molar-refractivity contribution < 1.29 is 4.79 Å². The van der Waals surface area contributed by atoms with Gasteiger partial charge in [-0.2, -0.15) is 0 Å². The van der Waals surface area contributed by atoms with Gasteiger partial charge in [0.2, 0.25) is 0 Å². The van der Waals surface area contributed by atoms with Crippen LogP contribution < -0.4 is 0 Å². The lowest BCUT2D eigenvalue weighted by molar-refractivity contribution is 0.0780. The fourth-order valence-corrected chi connectivity index (χ4v) is 5.41. The van der Waals surface area contributed by atoms with Crippen molar-refractivity contribution >= 4 is 28.5 Å². The topological polar surface area (TPSA) is 41.4 Å². The number of amides is 1. The zero-order valence-corrected chi connectivity index (χ0v) is 19.0. The van der Waals surface area contributed by atoms with Crippen LogP contribution in [0.1, 0.15) is 54.0 Å². The molecule has 162 valence electrons. The first-order valence-electron chi connectivity index (χ1n) is 11.3. The van der Waals surface area contributed by atoms with Gasteiger partial charge in [0.15, 0.2) is 0 Å². The summed E-state index contributed by atoms with van der Waals surface area (Å²) in [4.78, 5) is 22.3. The van der Waals surface area contributed by atoms with Gasteiger partial charge in [0.1, 0.15) is 5.82 Å². The summed E-state index contributed by atoms with van der Waals surface area (Å²) in [6, 6.07) is 14.6. The van der Waals surface area contributed by atoms with E-state index in [9.17, 15) is 4.79 Å². The number of aryl methyl sites for hydroxylation is 1. The second-order valence-corrected chi connectivity index (χ2v) is 9.33. The highest BCUT2D eigenvalue weighted by Crippen LogP contribution is 2.28. The third-order valence-corrected chi connectivity index (χ3v) is 7.20. The van der Waals surface area contributed by atoms with Gasteiger partial charge in [0, 0.05) is 29.7 Å².